The van der Waals surface area contributed by atoms with E-state index in [1.165, 1.54) is 12.1 Å². The zero-order chi connectivity index (χ0) is 13.3. The lowest BCUT2D eigenvalue weighted by Crippen LogP contribution is -2.30. The Morgan fingerprint density at radius 3 is 3.00 bits per heavy atom. The fourth-order valence-electron chi connectivity index (χ4n) is 1.51. The molecule has 2 N–H and O–H groups in total. The normalized spacial score (nSPS) is 12.7. The van der Waals surface area contributed by atoms with E-state index in [0.29, 0.717) is 20.0 Å². The van der Waals surface area contributed by atoms with E-state index in [-0.39, 0.29) is 18.3 Å². The van der Waals surface area contributed by atoms with Gasteiger partial charge in [0.15, 0.2) is 0 Å². The van der Waals surface area contributed by atoms with Gasteiger partial charge in [-0.25, -0.2) is 4.39 Å². The van der Waals surface area contributed by atoms with Crippen LogP contribution in [0.5, 0.6) is 0 Å². The summed E-state index contributed by atoms with van der Waals surface area (Å²) in [6.07, 6.45) is -0.625. The topological polar surface area (TPSA) is 49.3 Å². The molecule has 1 atom stereocenters. The summed E-state index contributed by atoms with van der Waals surface area (Å²) in [5.41, 5.74) is 0. The summed E-state index contributed by atoms with van der Waals surface area (Å²) >= 11 is 7.22. The highest BCUT2D eigenvalue weighted by Gasteiger charge is 2.17. The van der Waals surface area contributed by atoms with Crippen LogP contribution in [-0.4, -0.2) is 23.7 Å². The smallest absolute Gasteiger partial charge is 0.263 e. The number of aliphatic hydroxyl groups is 1. The predicted molar refractivity (Wildman–Crippen MR) is 70.8 cm³/mol. The van der Waals surface area contributed by atoms with E-state index in [9.17, 15) is 9.18 Å². The maximum atomic E-state index is 13.1. The molecule has 0 saturated carbocycles. The van der Waals surface area contributed by atoms with Crippen LogP contribution in [0.3, 0.4) is 0 Å². The second kappa shape index (κ2) is 5.22. The van der Waals surface area contributed by atoms with Gasteiger partial charge < -0.3 is 10.4 Å². The van der Waals surface area contributed by atoms with Gasteiger partial charge in [-0.15, -0.1) is 11.3 Å². The van der Waals surface area contributed by atoms with Crippen LogP contribution < -0.4 is 5.32 Å². The fraction of sp³-hybridized carbons (Fsp3) is 0.250. The highest BCUT2D eigenvalue weighted by Crippen LogP contribution is 2.35. The van der Waals surface area contributed by atoms with Crippen molar-refractivity contribution in [2.24, 2.45) is 0 Å². The van der Waals surface area contributed by atoms with Gasteiger partial charge in [-0.1, -0.05) is 11.6 Å². The van der Waals surface area contributed by atoms with Gasteiger partial charge in [-0.3, -0.25) is 4.79 Å². The highest BCUT2D eigenvalue weighted by atomic mass is 35.5. The van der Waals surface area contributed by atoms with Gasteiger partial charge >= 0.3 is 0 Å². The van der Waals surface area contributed by atoms with E-state index in [1.54, 1.807) is 13.0 Å². The summed E-state index contributed by atoms with van der Waals surface area (Å²) in [4.78, 5) is 12.2. The third-order valence-corrected chi connectivity index (χ3v) is 4.01. The third-order valence-electron chi connectivity index (χ3n) is 2.36. The Labute approximate surface area is 112 Å². The average molecular weight is 288 g/mol. The van der Waals surface area contributed by atoms with Crippen molar-refractivity contribution < 1.29 is 14.3 Å². The van der Waals surface area contributed by atoms with Crippen molar-refractivity contribution >= 4 is 38.9 Å². The van der Waals surface area contributed by atoms with Gasteiger partial charge in [0.25, 0.3) is 5.91 Å². The van der Waals surface area contributed by atoms with E-state index in [0.717, 1.165) is 11.3 Å². The molecular weight excluding hydrogens is 277 g/mol. The Bertz CT molecular complexity index is 597. The zero-order valence-corrected chi connectivity index (χ0v) is 11.1. The van der Waals surface area contributed by atoms with E-state index < -0.39 is 6.10 Å². The number of thiophene rings is 1. The Kier molecular flexibility index (Phi) is 3.85. The van der Waals surface area contributed by atoms with E-state index >= 15 is 0 Å². The number of aliphatic hydroxyl groups excluding tert-OH is 1. The first-order chi connectivity index (χ1) is 8.49. The molecule has 1 amide bonds. The number of nitrogens with one attached hydrogen (secondary N) is 1. The first-order valence-electron chi connectivity index (χ1n) is 5.33. The first-order valence-corrected chi connectivity index (χ1v) is 6.52. The van der Waals surface area contributed by atoms with Gasteiger partial charge in [0, 0.05) is 16.6 Å². The second-order valence-corrected chi connectivity index (χ2v) is 5.37. The minimum absolute atomic E-state index is 0.151. The number of fused-ring (bicyclic) bond motifs is 1. The van der Waals surface area contributed by atoms with Crippen molar-refractivity contribution in [1.82, 2.24) is 5.32 Å². The van der Waals surface area contributed by atoms with Crippen molar-refractivity contribution in [3.05, 3.63) is 33.9 Å². The van der Waals surface area contributed by atoms with Gasteiger partial charge in [0.2, 0.25) is 0 Å². The Morgan fingerprint density at radius 2 is 2.33 bits per heavy atom. The molecule has 96 valence electrons. The molecule has 0 aliphatic heterocycles. The lowest BCUT2D eigenvalue weighted by molar-refractivity contribution is 0.0928. The van der Waals surface area contributed by atoms with Crippen molar-refractivity contribution in [2.45, 2.75) is 13.0 Å². The predicted octanol–water partition coefficient (Wildman–Crippen LogP) is 2.80. The van der Waals surface area contributed by atoms with Crippen LogP contribution in [0.25, 0.3) is 10.1 Å². The van der Waals surface area contributed by atoms with Gasteiger partial charge in [-0.2, -0.15) is 0 Å². The summed E-state index contributed by atoms with van der Waals surface area (Å²) in [6.45, 7) is 1.72. The molecule has 0 fully saturated rings. The number of amides is 1. The van der Waals surface area contributed by atoms with Crippen LogP contribution in [-0.2, 0) is 0 Å². The van der Waals surface area contributed by atoms with Crippen LogP contribution in [0.4, 0.5) is 4.39 Å². The zero-order valence-electron chi connectivity index (χ0n) is 9.54. The summed E-state index contributed by atoms with van der Waals surface area (Å²) in [5, 5.41) is 12.6. The molecule has 0 saturated heterocycles. The quantitative estimate of drug-likeness (QED) is 0.912. The van der Waals surface area contributed by atoms with E-state index in [1.807, 2.05) is 0 Å². The van der Waals surface area contributed by atoms with Crippen molar-refractivity contribution in [1.29, 1.82) is 0 Å². The summed E-state index contributed by atoms with van der Waals surface area (Å²) < 4.78 is 13.7. The second-order valence-electron chi connectivity index (χ2n) is 3.94. The van der Waals surface area contributed by atoms with Gasteiger partial charge in [0.1, 0.15) is 10.7 Å². The van der Waals surface area contributed by atoms with Crippen LogP contribution in [0, 0.1) is 5.82 Å². The largest absolute Gasteiger partial charge is 0.392 e. The minimum atomic E-state index is -0.625. The number of halogens is 2. The number of carbonyl (C=O) groups is 1. The first kappa shape index (κ1) is 13.3. The molecule has 0 radical (unpaired) electrons. The SMILES string of the molecule is CC(O)CNC(=O)c1sc2cc(F)ccc2c1Cl. The molecule has 1 aromatic heterocycles. The van der Waals surface area contributed by atoms with Crippen molar-refractivity contribution in [3.63, 3.8) is 0 Å². The molecule has 2 rings (SSSR count). The minimum Gasteiger partial charge on any atom is -0.392 e. The van der Waals surface area contributed by atoms with Crippen LogP contribution in [0.2, 0.25) is 5.02 Å². The molecule has 1 heterocycles. The maximum Gasteiger partial charge on any atom is 0.263 e. The van der Waals surface area contributed by atoms with E-state index in [2.05, 4.69) is 5.32 Å². The highest BCUT2D eigenvalue weighted by molar-refractivity contribution is 7.21. The Balaban J connectivity index is 2.33. The van der Waals surface area contributed by atoms with Crippen molar-refractivity contribution in [2.75, 3.05) is 6.54 Å². The fourth-order valence-corrected chi connectivity index (χ4v) is 2.96. The third kappa shape index (κ3) is 2.63. The van der Waals surface area contributed by atoms with Crippen molar-refractivity contribution in [3.8, 4) is 0 Å². The molecule has 3 nitrogen and oxygen atoms in total. The molecule has 0 spiro atoms. The van der Waals surface area contributed by atoms with Crippen LogP contribution in [0.15, 0.2) is 18.2 Å². The van der Waals surface area contributed by atoms with Crippen LogP contribution in [0.1, 0.15) is 16.6 Å². The molecule has 2 aromatic rings. The number of hydrogen-bond acceptors (Lipinski definition) is 3. The molecule has 6 heteroatoms. The number of rotatable bonds is 3. The van der Waals surface area contributed by atoms with Gasteiger partial charge in [0.05, 0.1) is 11.1 Å². The van der Waals surface area contributed by atoms with Gasteiger partial charge in [-0.05, 0) is 25.1 Å². The standard InChI is InChI=1S/C12H11ClFNO2S/c1-6(16)5-15-12(17)11-10(13)8-3-2-7(14)4-9(8)18-11/h2-4,6,16H,5H2,1H3,(H,15,17). The van der Waals surface area contributed by atoms with Crippen LogP contribution >= 0.6 is 22.9 Å². The van der Waals surface area contributed by atoms with E-state index in [4.69, 9.17) is 16.7 Å². The molecular formula is C12H11ClFNO2S. The lowest BCUT2D eigenvalue weighted by atomic mass is 10.2. The Hall–Kier alpha value is -1.17. The number of carbonyl (C=O) groups excluding carboxylic acids is 1. The summed E-state index contributed by atoms with van der Waals surface area (Å²) in [7, 11) is 0. The summed E-state index contributed by atoms with van der Waals surface area (Å²) in [6, 6.07) is 4.20. The summed E-state index contributed by atoms with van der Waals surface area (Å²) in [5.74, 6) is -0.723. The molecule has 0 aliphatic carbocycles. The Morgan fingerprint density at radius 1 is 1.61 bits per heavy atom. The number of benzene rings is 1. The lowest BCUT2D eigenvalue weighted by Gasteiger charge is -2.05. The number of hydrogen-bond donors (Lipinski definition) is 2. The molecule has 18 heavy (non-hydrogen) atoms. The molecule has 0 bridgehead atoms. The monoisotopic (exact) mass is 287 g/mol. The molecule has 1 aromatic carbocycles. The molecule has 0 aliphatic rings. The average Bonchev–Trinajstić information content (AvgIpc) is 2.63. The maximum absolute atomic E-state index is 13.1. The molecule has 1 unspecified atom stereocenters.